The number of aromatic nitrogens is 2. The first-order chi connectivity index (χ1) is 9.24. The molecule has 0 radical (unpaired) electrons. The number of H-pyrrole nitrogens is 1. The van der Waals surface area contributed by atoms with Crippen molar-refractivity contribution in [2.24, 2.45) is 0 Å². The van der Waals surface area contributed by atoms with Gasteiger partial charge in [0.05, 0.1) is 11.3 Å². The van der Waals surface area contributed by atoms with E-state index < -0.39 is 0 Å². The van der Waals surface area contributed by atoms with Gasteiger partial charge in [-0.05, 0) is 37.3 Å². The Kier molecular flexibility index (Phi) is 2.76. The molecule has 2 aromatic heterocycles. The molecule has 0 saturated carbocycles. The smallest absolute Gasteiger partial charge is 0.257 e. The van der Waals surface area contributed by atoms with Crippen molar-refractivity contribution in [3.8, 4) is 0 Å². The van der Waals surface area contributed by atoms with Crippen LogP contribution in [0.1, 0.15) is 16.1 Å². The summed E-state index contributed by atoms with van der Waals surface area (Å²) in [5, 5.41) is 3.93. The van der Waals surface area contributed by atoms with Crippen molar-refractivity contribution in [1.82, 2.24) is 9.97 Å². The fraction of sp³-hybridized carbons (Fsp3) is 0.0667. The van der Waals surface area contributed by atoms with Gasteiger partial charge >= 0.3 is 0 Å². The van der Waals surface area contributed by atoms with Gasteiger partial charge < -0.3 is 10.3 Å². The van der Waals surface area contributed by atoms with Gasteiger partial charge in [-0.1, -0.05) is 6.07 Å². The third-order valence-electron chi connectivity index (χ3n) is 2.97. The molecule has 3 rings (SSSR count). The van der Waals surface area contributed by atoms with Crippen LogP contribution >= 0.6 is 0 Å². The van der Waals surface area contributed by atoms with E-state index in [0.29, 0.717) is 5.56 Å². The van der Waals surface area contributed by atoms with Crippen LogP contribution in [0.5, 0.6) is 0 Å². The summed E-state index contributed by atoms with van der Waals surface area (Å²) >= 11 is 0. The zero-order valence-corrected chi connectivity index (χ0v) is 10.5. The molecule has 0 atom stereocenters. The zero-order valence-electron chi connectivity index (χ0n) is 10.5. The highest BCUT2D eigenvalue weighted by Gasteiger charge is 2.09. The number of pyridine rings is 1. The summed E-state index contributed by atoms with van der Waals surface area (Å²) in [7, 11) is 0. The molecule has 0 aliphatic heterocycles. The predicted octanol–water partition coefficient (Wildman–Crippen LogP) is 3.12. The molecule has 94 valence electrons. The van der Waals surface area contributed by atoms with Gasteiger partial charge in [0.25, 0.3) is 5.91 Å². The molecule has 0 unspecified atom stereocenters. The highest BCUT2D eigenvalue weighted by Crippen LogP contribution is 2.24. The van der Waals surface area contributed by atoms with Crippen molar-refractivity contribution < 1.29 is 4.79 Å². The van der Waals surface area contributed by atoms with Gasteiger partial charge in [-0.15, -0.1) is 0 Å². The summed E-state index contributed by atoms with van der Waals surface area (Å²) in [5.41, 5.74) is 3.43. The predicted molar refractivity (Wildman–Crippen MR) is 75.2 cm³/mol. The largest absolute Gasteiger partial charge is 0.359 e. The number of hydrogen-bond donors (Lipinski definition) is 2. The SMILES string of the molecule is Cc1cc2c(NC(=O)c3cccnc3)cccc2[nH]1. The minimum absolute atomic E-state index is 0.153. The number of hydrogen-bond acceptors (Lipinski definition) is 2. The van der Waals surface area contributed by atoms with Gasteiger partial charge in [0.2, 0.25) is 0 Å². The Bertz CT molecular complexity index is 731. The van der Waals surface area contributed by atoms with Gasteiger partial charge in [0.1, 0.15) is 0 Å². The van der Waals surface area contributed by atoms with Crippen molar-refractivity contribution in [1.29, 1.82) is 0 Å². The van der Waals surface area contributed by atoms with Crippen LogP contribution < -0.4 is 5.32 Å². The second-order valence-electron chi connectivity index (χ2n) is 4.41. The van der Waals surface area contributed by atoms with E-state index in [-0.39, 0.29) is 5.91 Å². The molecular formula is C15H13N3O. The standard InChI is InChI=1S/C15H13N3O/c1-10-8-12-13(17-10)5-2-6-14(12)18-15(19)11-4-3-7-16-9-11/h2-9,17H,1H3,(H,18,19). The monoisotopic (exact) mass is 251 g/mol. The lowest BCUT2D eigenvalue weighted by Gasteiger charge is -2.06. The zero-order chi connectivity index (χ0) is 13.2. The Morgan fingerprint density at radius 3 is 2.95 bits per heavy atom. The average Bonchev–Trinajstić information content (AvgIpc) is 2.81. The molecular weight excluding hydrogens is 238 g/mol. The van der Waals surface area contributed by atoms with E-state index in [2.05, 4.69) is 15.3 Å². The average molecular weight is 251 g/mol. The van der Waals surface area contributed by atoms with Crippen molar-refractivity contribution in [3.05, 3.63) is 60.0 Å². The number of amides is 1. The minimum Gasteiger partial charge on any atom is -0.359 e. The van der Waals surface area contributed by atoms with Crippen molar-refractivity contribution in [3.63, 3.8) is 0 Å². The highest BCUT2D eigenvalue weighted by molar-refractivity contribution is 6.08. The highest BCUT2D eigenvalue weighted by atomic mass is 16.1. The van der Waals surface area contributed by atoms with Gasteiger partial charge in [-0.2, -0.15) is 0 Å². The van der Waals surface area contributed by atoms with Crippen molar-refractivity contribution in [2.45, 2.75) is 6.92 Å². The molecule has 0 fully saturated rings. The first-order valence-electron chi connectivity index (χ1n) is 6.04. The van der Waals surface area contributed by atoms with E-state index in [1.54, 1.807) is 24.5 Å². The second-order valence-corrected chi connectivity index (χ2v) is 4.41. The molecule has 3 aromatic rings. The fourth-order valence-electron chi connectivity index (χ4n) is 2.10. The minimum atomic E-state index is -0.153. The van der Waals surface area contributed by atoms with Crippen LogP contribution in [0.25, 0.3) is 10.9 Å². The first kappa shape index (κ1) is 11.5. The number of anilines is 1. The molecule has 0 saturated heterocycles. The Labute approximate surface area is 110 Å². The Balaban J connectivity index is 1.95. The van der Waals surface area contributed by atoms with Gasteiger partial charge in [0, 0.05) is 29.0 Å². The number of carbonyl (C=O) groups is 1. The lowest BCUT2D eigenvalue weighted by molar-refractivity contribution is 0.102. The summed E-state index contributed by atoms with van der Waals surface area (Å²) < 4.78 is 0. The van der Waals surface area contributed by atoms with Crippen LogP contribution in [-0.2, 0) is 0 Å². The van der Waals surface area contributed by atoms with Crippen LogP contribution in [0.2, 0.25) is 0 Å². The molecule has 0 spiro atoms. The summed E-state index contributed by atoms with van der Waals surface area (Å²) in [6.45, 7) is 1.99. The van der Waals surface area contributed by atoms with Crippen LogP contribution in [0.3, 0.4) is 0 Å². The Morgan fingerprint density at radius 2 is 2.16 bits per heavy atom. The maximum atomic E-state index is 12.1. The van der Waals surface area contributed by atoms with Gasteiger partial charge in [-0.25, -0.2) is 0 Å². The lowest BCUT2D eigenvalue weighted by Crippen LogP contribution is -2.12. The molecule has 0 aliphatic rings. The number of fused-ring (bicyclic) bond motifs is 1. The van der Waals surface area contributed by atoms with Gasteiger partial charge in [-0.3, -0.25) is 9.78 Å². The molecule has 4 nitrogen and oxygen atoms in total. The van der Waals surface area contributed by atoms with E-state index in [1.165, 1.54) is 0 Å². The van der Waals surface area contributed by atoms with E-state index in [4.69, 9.17) is 0 Å². The molecule has 2 heterocycles. The quantitative estimate of drug-likeness (QED) is 0.735. The van der Waals surface area contributed by atoms with E-state index in [9.17, 15) is 4.79 Å². The summed E-state index contributed by atoms with van der Waals surface area (Å²) in [6, 6.07) is 11.3. The molecule has 0 aliphatic carbocycles. The van der Waals surface area contributed by atoms with E-state index >= 15 is 0 Å². The number of aromatic amines is 1. The normalized spacial score (nSPS) is 10.6. The summed E-state index contributed by atoms with van der Waals surface area (Å²) in [6.07, 6.45) is 3.20. The number of nitrogens with zero attached hydrogens (tertiary/aromatic N) is 1. The molecule has 1 amide bonds. The maximum Gasteiger partial charge on any atom is 0.257 e. The van der Waals surface area contributed by atoms with E-state index in [0.717, 1.165) is 22.3 Å². The summed E-state index contributed by atoms with van der Waals surface area (Å²) in [4.78, 5) is 19.3. The van der Waals surface area contributed by atoms with E-state index in [1.807, 2.05) is 31.2 Å². The van der Waals surface area contributed by atoms with Crippen molar-refractivity contribution >= 4 is 22.5 Å². The number of nitrogens with one attached hydrogen (secondary N) is 2. The Morgan fingerprint density at radius 1 is 1.26 bits per heavy atom. The first-order valence-corrected chi connectivity index (χ1v) is 6.04. The molecule has 2 N–H and O–H groups in total. The molecule has 1 aromatic carbocycles. The number of aryl methyl sites for hydroxylation is 1. The second kappa shape index (κ2) is 4.57. The van der Waals surface area contributed by atoms with Crippen LogP contribution in [-0.4, -0.2) is 15.9 Å². The summed E-state index contributed by atoms with van der Waals surface area (Å²) in [5.74, 6) is -0.153. The molecule has 19 heavy (non-hydrogen) atoms. The maximum absolute atomic E-state index is 12.1. The topological polar surface area (TPSA) is 57.8 Å². The van der Waals surface area contributed by atoms with Crippen LogP contribution in [0.4, 0.5) is 5.69 Å². The third-order valence-corrected chi connectivity index (χ3v) is 2.97. The molecule has 4 heteroatoms. The van der Waals surface area contributed by atoms with Gasteiger partial charge in [0.15, 0.2) is 0 Å². The number of carbonyl (C=O) groups excluding carboxylic acids is 1. The van der Waals surface area contributed by atoms with Crippen LogP contribution in [0.15, 0.2) is 48.8 Å². The number of benzene rings is 1. The Hall–Kier alpha value is -2.62. The van der Waals surface area contributed by atoms with Crippen LogP contribution in [0, 0.1) is 6.92 Å². The number of rotatable bonds is 2. The molecule has 0 bridgehead atoms. The fourth-order valence-corrected chi connectivity index (χ4v) is 2.10. The third kappa shape index (κ3) is 2.20. The van der Waals surface area contributed by atoms with Crippen molar-refractivity contribution in [2.75, 3.05) is 5.32 Å². The lowest BCUT2D eigenvalue weighted by atomic mass is 10.2.